The number of unbranched alkanes of at least 4 members (excludes halogenated alkanes) is 28. The van der Waals surface area contributed by atoms with Gasteiger partial charge in [0.15, 0.2) is 12.2 Å². The second kappa shape index (κ2) is 80.0. The van der Waals surface area contributed by atoms with E-state index < -0.39 is 97.5 Å². The highest BCUT2D eigenvalue weighted by atomic mass is 31.2. The first-order valence-electron chi connectivity index (χ1n) is 42.1. The van der Waals surface area contributed by atoms with Crippen LogP contribution in [0.4, 0.5) is 0 Å². The van der Waals surface area contributed by atoms with Crippen LogP contribution < -0.4 is 0 Å². The average Bonchev–Trinajstić information content (AvgIpc) is 0.923. The van der Waals surface area contributed by atoms with E-state index in [9.17, 15) is 43.2 Å². The van der Waals surface area contributed by atoms with Crippen LogP contribution in [0.25, 0.3) is 0 Å². The van der Waals surface area contributed by atoms with Gasteiger partial charge < -0.3 is 33.8 Å². The predicted molar refractivity (Wildman–Crippen MR) is 445 cm³/mol. The highest BCUT2D eigenvalue weighted by Crippen LogP contribution is 2.45. The molecule has 0 saturated heterocycles. The zero-order valence-corrected chi connectivity index (χ0v) is 69.5. The van der Waals surface area contributed by atoms with Crippen molar-refractivity contribution in [3.63, 3.8) is 0 Å². The lowest BCUT2D eigenvalue weighted by Gasteiger charge is -2.21. The fourth-order valence-corrected chi connectivity index (χ4v) is 12.4. The van der Waals surface area contributed by atoms with Crippen LogP contribution in [-0.2, 0) is 65.4 Å². The molecule has 0 rings (SSSR count). The molecule has 0 bridgehead atoms. The van der Waals surface area contributed by atoms with Crippen molar-refractivity contribution in [1.29, 1.82) is 0 Å². The Morgan fingerprint density at radius 1 is 0.269 bits per heavy atom. The van der Waals surface area contributed by atoms with Crippen LogP contribution in [0, 0.1) is 0 Å². The van der Waals surface area contributed by atoms with Crippen molar-refractivity contribution in [2.75, 3.05) is 39.6 Å². The molecule has 3 N–H and O–H groups in total. The third kappa shape index (κ3) is 79.0. The molecule has 0 aliphatic heterocycles. The van der Waals surface area contributed by atoms with E-state index in [-0.39, 0.29) is 25.7 Å². The van der Waals surface area contributed by atoms with Gasteiger partial charge in [0.25, 0.3) is 0 Å². The largest absolute Gasteiger partial charge is 0.472 e. The molecule has 17 nitrogen and oxygen atoms in total. The Morgan fingerprint density at radius 3 is 0.824 bits per heavy atom. The number of allylic oxidation sites excluding steroid dienone is 24. The summed E-state index contributed by atoms with van der Waals surface area (Å²) < 4.78 is 68.7. The Hall–Kier alpha value is -5.06. The molecule has 0 fully saturated rings. The normalized spacial score (nSPS) is 14.5. The molecule has 0 radical (unpaired) electrons. The van der Waals surface area contributed by atoms with E-state index in [1.165, 1.54) is 77.0 Å². The lowest BCUT2D eigenvalue weighted by atomic mass is 10.1. The summed E-state index contributed by atoms with van der Waals surface area (Å²) in [6.45, 7) is 4.60. The number of hydrogen-bond acceptors (Lipinski definition) is 15. The molecule has 0 spiro atoms. The fourth-order valence-electron chi connectivity index (χ4n) is 10.9. The number of hydrogen-bond donors (Lipinski definition) is 3. The molecule has 0 aromatic heterocycles. The van der Waals surface area contributed by atoms with Gasteiger partial charge >= 0.3 is 39.5 Å². The van der Waals surface area contributed by atoms with Crippen LogP contribution in [-0.4, -0.2) is 96.7 Å². The van der Waals surface area contributed by atoms with E-state index in [1.54, 1.807) is 0 Å². The Kier molecular flexibility index (Phi) is 76.3. The minimum absolute atomic E-state index is 0.0293. The van der Waals surface area contributed by atoms with Crippen molar-refractivity contribution >= 4 is 39.5 Å². The van der Waals surface area contributed by atoms with Crippen molar-refractivity contribution in [3.05, 3.63) is 146 Å². The van der Waals surface area contributed by atoms with Crippen LogP contribution in [0.15, 0.2) is 146 Å². The molecule has 5 unspecified atom stereocenters. The first-order valence-corrected chi connectivity index (χ1v) is 45.1. The summed E-state index contributed by atoms with van der Waals surface area (Å²) in [6, 6.07) is 0. The molecule has 0 aliphatic carbocycles. The topological polar surface area (TPSA) is 237 Å². The number of phosphoric ester groups is 2. The lowest BCUT2D eigenvalue weighted by Crippen LogP contribution is -2.30. The highest BCUT2D eigenvalue weighted by Gasteiger charge is 2.30. The van der Waals surface area contributed by atoms with Crippen molar-refractivity contribution in [2.45, 2.75) is 354 Å². The molecule has 108 heavy (non-hydrogen) atoms. The Labute approximate surface area is 656 Å². The first kappa shape index (κ1) is 103. The van der Waals surface area contributed by atoms with Crippen LogP contribution in [0.5, 0.6) is 0 Å². The maximum atomic E-state index is 13.1. The zero-order valence-electron chi connectivity index (χ0n) is 67.7. The third-order valence-electron chi connectivity index (χ3n) is 17.3. The molecular weight excluding hydrogens is 1400 g/mol. The van der Waals surface area contributed by atoms with Gasteiger partial charge in [-0.15, -0.1) is 0 Å². The maximum Gasteiger partial charge on any atom is 0.472 e. The van der Waals surface area contributed by atoms with Crippen molar-refractivity contribution in [3.8, 4) is 0 Å². The number of rotatable bonds is 78. The Balaban J connectivity index is 5.45. The van der Waals surface area contributed by atoms with E-state index in [0.29, 0.717) is 32.1 Å². The molecule has 0 saturated carbocycles. The van der Waals surface area contributed by atoms with Gasteiger partial charge in [-0.25, -0.2) is 9.13 Å². The van der Waals surface area contributed by atoms with E-state index in [1.807, 2.05) is 18.2 Å². The standard InChI is InChI=1S/C89H150O17P2/c1-5-9-13-17-21-25-29-33-37-39-41-43-47-49-53-57-61-65-69-73-86(91)99-79-84(105-88(93)75-71-67-63-59-55-51-45-35-31-27-23-19-15-11-7-3)81-103-107(95,96)101-77-83(90)78-102-108(97,98)104-82-85(106-89(94)76-72-68-64-60-56-52-46-36-32-28-24-20-16-12-8-4)80-100-87(92)74-70-66-62-58-54-50-48-44-42-40-38-34-30-26-22-18-14-10-6-2/h9,13,21-23,25-27,33-38,41-46,49,53,61,65,83-85,90H,5-8,10-12,14-20,24,28-32,39-40,47-48,50-52,54-60,62-64,66-82H2,1-4H3,(H,95,96)(H,97,98)/b13-9-,25-21-,26-22-,27-23-,37-33-,38-34-,43-41-,44-42-,45-35-,46-36-,53-49-,65-61-. The highest BCUT2D eigenvalue weighted by molar-refractivity contribution is 7.47. The van der Waals surface area contributed by atoms with Gasteiger partial charge in [0.05, 0.1) is 26.4 Å². The number of esters is 4. The smallest absolute Gasteiger partial charge is 0.462 e. The van der Waals surface area contributed by atoms with Crippen LogP contribution >= 0.6 is 15.6 Å². The summed E-state index contributed by atoms with van der Waals surface area (Å²) in [6.07, 6.45) is 92.5. The fraction of sp³-hybridized carbons (Fsp3) is 0.685. The number of ether oxygens (including phenoxy) is 4. The summed E-state index contributed by atoms with van der Waals surface area (Å²) in [5.41, 5.74) is 0. The molecule has 0 heterocycles. The molecule has 0 aliphatic rings. The first-order chi connectivity index (χ1) is 52.7. The summed E-state index contributed by atoms with van der Waals surface area (Å²) in [4.78, 5) is 73.2. The zero-order chi connectivity index (χ0) is 78.9. The number of aliphatic hydroxyl groups is 1. The second-order valence-corrected chi connectivity index (χ2v) is 30.6. The predicted octanol–water partition coefficient (Wildman–Crippen LogP) is 25.0. The minimum atomic E-state index is -5.01. The molecule has 5 atom stereocenters. The molecule has 19 heteroatoms. The van der Waals surface area contributed by atoms with Gasteiger partial charge in [-0.1, -0.05) is 296 Å². The van der Waals surface area contributed by atoms with Crippen molar-refractivity contribution < 1.29 is 80.2 Å². The Morgan fingerprint density at radius 2 is 0.500 bits per heavy atom. The van der Waals surface area contributed by atoms with Crippen molar-refractivity contribution in [2.24, 2.45) is 0 Å². The average molecular weight is 1550 g/mol. The van der Waals surface area contributed by atoms with E-state index in [0.717, 1.165) is 173 Å². The lowest BCUT2D eigenvalue weighted by molar-refractivity contribution is -0.161. The summed E-state index contributed by atoms with van der Waals surface area (Å²) in [5.74, 6) is -2.31. The molecule has 0 aromatic rings. The maximum absolute atomic E-state index is 13.1. The minimum Gasteiger partial charge on any atom is -0.462 e. The van der Waals surface area contributed by atoms with E-state index in [4.69, 9.17) is 37.0 Å². The van der Waals surface area contributed by atoms with Crippen LogP contribution in [0.2, 0.25) is 0 Å². The quantitative estimate of drug-likeness (QED) is 0.0169. The van der Waals surface area contributed by atoms with Crippen LogP contribution in [0.1, 0.15) is 336 Å². The monoisotopic (exact) mass is 1550 g/mol. The molecule has 0 aromatic carbocycles. The number of carbonyl (C=O) groups excluding carboxylic acids is 4. The van der Waals surface area contributed by atoms with Crippen LogP contribution in [0.3, 0.4) is 0 Å². The third-order valence-corrected chi connectivity index (χ3v) is 19.2. The molecule has 618 valence electrons. The SMILES string of the molecule is CC/C=C\C/C=C\C/C=C\C/C=C\C/C=C\C/C=C\CCC(=O)OCC(COP(=O)(O)OCC(O)COP(=O)(O)OCC(COC(=O)CCCCCCCC/C=C\C/C=C\C/C=C\CCCCC)OC(=O)CCCCCCC/C=C\CCCCCCCC)OC(=O)CCCCCCC/C=C\C/C=C\CCCCC. The van der Waals surface area contributed by atoms with Gasteiger partial charge in [-0.3, -0.25) is 37.3 Å². The number of phosphoric acid groups is 2. The van der Waals surface area contributed by atoms with E-state index in [2.05, 4.69) is 155 Å². The van der Waals surface area contributed by atoms with Gasteiger partial charge in [-0.05, 0) is 161 Å². The van der Waals surface area contributed by atoms with Gasteiger partial charge in [0.2, 0.25) is 0 Å². The Bertz CT molecular complexity index is 2610. The number of carbonyl (C=O) groups is 4. The summed E-state index contributed by atoms with van der Waals surface area (Å²) in [5, 5.41) is 10.7. The van der Waals surface area contributed by atoms with Gasteiger partial charge in [0, 0.05) is 25.7 Å². The number of aliphatic hydroxyl groups excluding tert-OH is 1. The van der Waals surface area contributed by atoms with Gasteiger partial charge in [-0.2, -0.15) is 0 Å². The summed E-state index contributed by atoms with van der Waals surface area (Å²) >= 11 is 0. The van der Waals surface area contributed by atoms with E-state index >= 15 is 0 Å². The summed E-state index contributed by atoms with van der Waals surface area (Å²) in [7, 11) is -10.0. The molecular formula is C89H150O17P2. The second-order valence-electron chi connectivity index (χ2n) is 27.7. The van der Waals surface area contributed by atoms with Gasteiger partial charge in [0.1, 0.15) is 19.3 Å². The molecule has 0 amide bonds. The van der Waals surface area contributed by atoms with Crippen molar-refractivity contribution in [1.82, 2.24) is 0 Å².